The van der Waals surface area contributed by atoms with E-state index in [2.05, 4.69) is 29.6 Å². The molecule has 0 radical (unpaired) electrons. The number of hydrogen-bond donors (Lipinski definition) is 1. The van der Waals surface area contributed by atoms with E-state index in [4.69, 9.17) is 0 Å². The summed E-state index contributed by atoms with van der Waals surface area (Å²) in [6.45, 7) is 2.61. The lowest BCUT2D eigenvalue weighted by atomic mass is 10.1. The van der Waals surface area contributed by atoms with Crippen LogP contribution >= 0.6 is 0 Å². The van der Waals surface area contributed by atoms with Gasteiger partial charge in [-0.3, -0.25) is 0 Å². The highest BCUT2D eigenvalue weighted by Gasteiger charge is 2.08. The maximum absolute atomic E-state index is 13.2. The number of nitrogens with zero attached hydrogens (tertiary/aromatic N) is 1. The maximum atomic E-state index is 13.2. The van der Waals surface area contributed by atoms with Crippen LogP contribution in [0.1, 0.15) is 24.1 Å². The van der Waals surface area contributed by atoms with Gasteiger partial charge >= 0.3 is 0 Å². The van der Waals surface area contributed by atoms with Gasteiger partial charge in [-0.15, -0.1) is 0 Å². The summed E-state index contributed by atoms with van der Waals surface area (Å²) in [6.07, 6.45) is 0. The predicted octanol–water partition coefficient (Wildman–Crippen LogP) is 3.88. The van der Waals surface area contributed by atoms with Crippen molar-refractivity contribution in [3.05, 3.63) is 65.2 Å². The molecule has 4 heteroatoms. The molecule has 2 aromatic carbocycles. The van der Waals surface area contributed by atoms with Crippen LogP contribution in [0, 0.1) is 11.6 Å². The van der Waals surface area contributed by atoms with E-state index < -0.39 is 11.6 Å². The Morgan fingerprint density at radius 1 is 1.00 bits per heavy atom. The highest BCUT2D eigenvalue weighted by Crippen LogP contribution is 2.17. The zero-order valence-corrected chi connectivity index (χ0v) is 12.5. The third-order valence-electron chi connectivity index (χ3n) is 3.51. The molecule has 2 aromatic rings. The summed E-state index contributed by atoms with van der Waals surface area (Å²) in [5.41, 5.74) is 3.03. The smallest absolute Gasteiger partial charge is 0.159 e. The van der Waals surface area contributed by atoms with Crippen LogP contribution in [-0.2, 0) is 6.54 Å². The molecule has 2 nitrogen and oxygen atoms in total. The van der Waals surface area contributed by atoms with E-state index in [9.17, 15) is 8.78 Å². The molecule has 112 valence electrons. The van der Waals surface area contributed by atoms with E-state index in [1.54, 1.807) is 6.07 Å². The van der Waals surface area contributed by atoms with Crippen molar-refractivity contribution in [2.24, 2.45) is 0 Å². The van der Waals surface area contributed by atoms with E-state index >= 15 is 0 Å². The second-order valence-corrected chi connectivity index (χ2v) is 5.34. The molecule has 0 spiro atoms. The lowest BCUT2D eigenvalue weighted by Gasteiger charge is -2.16. The van der Waals surface area contributed by atoms with Gasteiger partial charge in [-0.2, -0.15) is 0 Å². The van der Waals surface area contributed by atoms with Gasteiger partial charge in [-0.1, -0.05) is 18.2 Å². The summed E-state index contributed by atoms with van der Waals surface area (Å²) >= 11 is 0. The van der Waals surface area contributed by atoms with Gasteiger partial charge in [0.1, 0.15) is 0 Å². The van der Waals surface area contributed by atoms with E-state index in [1.807, 2.05) is 25.9 Å². The molecule has 1 atom stereocenters. The number of nitrogens with one attached hydrogen (secondary N) is 1. The summed E-state index contributed by atoms with van der Waals surface area (Å²) in [6, 6.07) is 12.2. The molecule has 0 saturated carbocycles. The van der Waals surface area contributed by atoms with Crippen molar-refractivity contribution in [1.82, 2.24) is 5.32 Å². The Labute approximate surface area is 124 Å². The summed E-state index contributed by atoms with van der Waals surface area (Å²) < 4.78 is 26.1. The first-order chi connectivity index (χ1) is 9.97. The van der Waals surface area contributed by atoms with Crippen molar-refractivity contribution < 1.29 is 8.78 Å². The number of rotatable bonds is 5. The molecule has 0 aliphatic carbocycles. The molecule has 0 aromatic heterocycles. The molecular formula is C17H20F2N2. The van der Waals surface area contributed by atoms with Gasteiger partial charge in [0.05, 0.1) is 0 Å². The summed E-state index contributed by atoms with van der Waals surface area (Å²) in [5, 5.41) is 3.31. The quantitative estimate of drug-likeness (QED) is 0.899. The van der Waals surface area contributed by atoms with Gasteiger partial charge in [0, 0.05) is 32.4 Å². The van der Waals surface area contributed by atoms with Crippen molar-refractivity contribution in [2.45, 2.75) is 19.5 Å². The van der Waals surface area contributed by atoms with Gasteiger partial charge in [-0.25, -0.2) is 8.78 Å². The second-order valence-electron chi connectivity index (χ2n) is 5.34. The van der Waals surface area contributed by atoms with Crippen LogP contribution in [0.3, 0.4) is 0 Å². The summed E-state index contributed by atoms with van der Waals surface area (Å²) in [7, 11) is 4.00. The number of halogens is 2. The largest absolute Gasteiger partial charge is 0.378 e. The van der Waals surface area contributed by atoms with Crippen molar-refractivity contribution in [2.75, 3.05) is 19.0 Å². The topological polar surface area (TPSA) is 15.3 Å². The minimum absolute atomic E-state index is 0.0476. The second kappa shape index (κ2) is 6.68. The molecule has 0 saturated heterocycles. The highest BCUT2D eigenvalue weighted by molar-refractivity contribution is 5.45. The third-order valence-corrected chi connectivity index (χ3v) is 3.51. The molecule has 0 amide bonds. The third kappa shape index (κ3) is 4.02. The minimum atomic E-state index is -0.815. The van der Waals surface area contributed by atoms with Gasteiger partial charge in [0.15, 0.2) is 11.6 Å². The predicted molar refractivity (Wildman–Crippen MR) is 82.4 cm³/mol. The summed E-state index contributed by atoms with van der Waals surface area (Å²) in [4.78, 5) is 2.04. The van der Waals surface area contributed by atoms with Crippen LogP contribution < -0.4 is 10.2 Å². The lowest BCUT2D eigenvalue weighted by molar-refractivity contribution is 0.500. The first kappa shape index (κ1) is 15.4. The Bertz CT molecular complexity index is 594. The monoisotopic (exact) mass is 290 g/mol. The Kier molecular flexibility index (Phi) is 4.91. The van der Waals surface area contributed by atoms with E-state index in [0.717, 1.165) is 22.9 Å². The Morgan fingerprint density at radius 2 is 1.67 bits per heavy atom. The zero-order chi connectivity index (χ0) is 15.4. The number of hydrogen-bond acceptors (Lipinski definition) is 2. The zero-order valence-electron chi connectivity index (χ0n) is 12.5. The van der Waals surface area contributed by atoms with Gasteiger partial charge < -0.3 is 10.2 Å². The van der Waals surface area contributed by atoms with E-state index in [0.29, 0.717) is 6.54 Å². The van der Waals surface area contributed by atoms with Crippen LogP contribution in [-0.4, -0.2) is 14.1 Å². The lowest BCUT2D eigenvalue weighted by Crippen LogP contribution is -2.18. The highest BCUT2D eigenvalue weighted by atomic mass is 19.2. The molecule has 1 N–H and O–H groups in total. The fourth-order valence-corrected chi connectivity index (χ4v) is 2.08. The minimum Gasteiger partial charge on any atom is -0.378 e. The average molecular weight is 290 g/mol. The van der Waals surface area contributed by atoms with Crippen LogP contribution in [0.25, 0.3) is 0 Å². The summed E-state index contributed by atoms with van der Waals surface area (Å²) in [5.74, 6) is -1.62. The fourth-order valence-electron chi connectivity index (χ4n) is 2.08. The van der Waals surface area contributed by atoms with Crippen LogP contribution in [0.15, 0.2) is 42.5 Å². The Morgan fingerprint density at radius 3 is 2.24 bits per heavy atom. The average Bonchev–Trinajstić information content (AvgIpc) is 2.48. The fraction of sp³-hybridized carbons (Fsp3) is 0.294. The molecule has 0 heterocycles. The van der Waals surface area contributed by atoms with Crippen LogP contribution in [0.5, 0.6) is 0 Å². The van der Waals surface area contributed by atoms with Crippen LogP contribution in [0.4, 0.5) is 14.5 Å². The normalized spacial score (nSPS) is 12.2. The van der Waals surface area contributed by atoms with E-state index in [1.165, 1.54) is 6.07 Å². The van der Waals surface area contributed by atoms with Crippen molar-refractivity contribution in [3.8, 4) is 0 Å². The molecule has 21 heavy (non-hydrogen) atoms. The first-order valence-corrected chi connectivity index (χ1v) is 6.92. The molecule has 0 fully saturated rings. The number of anilines is 1. The molecular weight excluding hydrogens is 270 g/mol. The Balaban J connectivity index is 1.97. The molecule has 1 unspecified atom stereocenters. The van der Waals surface area contributed by atoms with Crippen molar-refractivity contribution >= 4 is 5.69 Å². The van der Waals surface area contributed by atoms with Crippen LogP contribution in [0.2, 0.25) is 0 Å². The molecule has 0 aliphatic heterocycles. The molecule has 0 aliphatic rings. The molecule has 2 rings (SSSR count). The van der Waals surface area contributed by atoms with Crippen molar-refractivity contribution in [1.29, 1.82) is 0 Å². The van der Waals surface area contributed by atoms with E-state index in [-0.39, 0.29) is 6.04 Å². The number of benzene rings is 2. The van der Waals surface area contributed by atoms with Gasteiger partial charge in [0.2, 0.25) is 0 Å². The Hall–Kier alpha value is -1.94. The SMILES string of the molecule is CC(NCc1ccc(N(C)C)cc1)c1ccc(F)c(F)c1. The first-order valence-electron chi connectivity index (χ1n) is 6.92. The molecule has 0 bridgehead atoms. The maximum Gasteiger partial charge on any atom is 0.159 e. The standard InChI is InChI=1S/C17H20F2N2/c1-12(14-6-9-16(18)17(19)10-14)20-11-13-4-7-15(8-5-13)21(2)3/h4-10,12,20H,11H2,1-3H3. The van der Waals surface area contributed by atoms with Gasteiger partial charge in [0.25, 0.3) is 0 Å². The van der Waals surface area contributed by atoms with Gasteiger partial charge in [-0.05, 0) is 42.3 Å². The van der Waals surface area contributed by atoms with Crippen molar-refractivity contribution in [3.63, 3.8) is 0 Å².